The van der Waals surface area contributed by atoms with Gasteiger partial charge in [-0.25, -0.2) is 0 Å². The molecule has 2 aromatic rings. The van der Waals surface area contributed by atoms with Crippen molar-refractivity contribution in [3.63, 3.8) is 0 Å². The smallest absolute Gasteiger partial charge is 0.0208 e. The summed E-state index contributed by atoms with van der Waals surface area (Å²) in [6.45, 7) is 5.33. The predicted octanol–water partition coefficient (Wildman–Crippen LogP) is 4.22. The van der Waals surface area contributed by atoms with Gasteiger partial charge >= 0.3 is 0 Å². The average molecular weight is 251 g/mol. The van der Waals surface area contributed by atoms with Crippen LogP contribution in [0.3, 0.4) is 0 Å². The van der Waals surface area contributed by atoms with E-state index in [0.29, 0.717) is 0 Å². The van der Waals surface area contributed by atoms with Crippen molar-refractivity contribution in [2.75, 3.05) is 0 Å². The SMILES string of the molecule is Cc1ccc(-c2cccc(CNC3CC3)c2)c(C)c1. The molecule has 0 unspecified atom stereocenters. The summed E-state index contributed by atoms with van der Waals surface area (Å²) in [6.07, 6.45) is 2.69. The molecule has 0 aliphatic heterocycles. The average Bonchev–Trinajstić information content (AvgIpc) is 3.21. The number of hydrogen-bond donors (Lipinski definition) is 1. The van der Waals surface area contributed by atoms with Gasteiger partial charge in [0.05, 0.1) is 0 Å². The lowest BCUT2D eigenvalue weighted by Crippen LogP contribution is -2.15. The second-order valence-electron chi connectivity index (χ2n) is 5.67. The molecule has 1 nitrogen and oxygen atoms in total. The lowest BCUT2D eigenvalue weighted by Gasteiger charge is -2.10. The van der Waals surface area contributed by atoms with Crippen molar-refractivity contribution in [2.24, 2.45) is 0 Å². The van der Waals surface area contributed by atoms with Gasteiger partial charge in [0.15, 0.2) is 0 Å². The van der Waals surface area contributed by atoms with Crippen molar-refractivity contribution >= 4 is 0 Å². The summed E-state index contributed by atoms with van der Waals surface area (Å²) in [5.74, 6) is 0. The molecule has 1 heteroatoms. The van der Waals surface area contributed by atoms with Crippen LogP contribution in [0, 0.1) is 13.8 Å². The van der Waals surface area contributed by atoms with E-state index in [1.807, 2.05) is 0 Å². The van der Waals surface area contributed by atoms with Crippen molar-refractivity contribution in [1.82, 2.24) is 5.32 Å². The molecule has 1 N–H and O–H groups in total. The normalized spacial score (nSPS) is 14.6. The number of nitrogens with one attached hydrogen (secondary N) is 1. The van der Waals surface area contributed by atoms with E-state index in [1.165, 1.54) is 40.7 Å². The topological polar surface area (TPSA) is 12.0 Å². The number of hydrogen-bond acceptors (Lipinski definition) is 1. The van der Waals surface area contributed by atoms with Crippen LogP contribution >= 0.6 is 0 Å². The molecular formula is C18H21N. The number of benzene rings is 2. The van der Waals surface area contributed by atoms with Crippen molar-refractivity contribution in [1.29, 1.82) is 0 Å². The largest absolute Gasteiger partial charge is 0.310 e. The third-order valence-electron chi connectivity index (χ3n) is 3.79. The first kappa shape index (κ1) is 12.4. The van der Waals surface area contributed by atoms with Crippen molar-refractivity contribution in [3.05, 3.63) is 59.2 Å². The third kappa shape index (κ3) is 3.05. The Morgan fingerprint density at radius 3 is 2.63 bits per heavy atom. The third-order valence-corrected chi connectivity index (χ3v) is 3.79. The van der Waals surface area contributed by atoms with Crippen LogP contribution in [0.1, 0.15) is 29.5 Å². The van der Waals surface area contributed by atoms with Gasteiger partial charge in [-0.15, -0.1) is 0 Å². The minimum atomic E-state index is 0.768. The van der Waals surface area contributed by atoms with Gasteiger partial charge in [-0.2, -0.15) is 0 Å². The fourth-order valence-corrected chi connectivity index (χ4v) is 2.54. The van der Waals surface area contributed by atoms with Crippen LogP contribution < -0.4 is 5.32 Å². The van der Waals surface area contributed by atoms with Crippen molar-refractivity contribution in [3.8, 4) is 11.1 Å². The molecule has 1 aliphatic carbocycles. The Labute approximate surface area is 115 Å². The molecule has 3 rings (SSSR count). The molecule has 98 valence electrons. The summed E-state index contributed by atoms with van der Waals surface area (Å²) in [5.41, 5.74) is 6.73. The van der Waals surface area contributed by atoms with E-state index in [1.54, 1.807) is 0 Å². The van der Waals surface area contributed by atoms with E-state index in [0.717, 1.165) is 12.6 Å². The van der Waals surface area contributed by atoms with Crippen molar-refractivity contribution in [2.45, 2.75) is 39.3 Å². The first-order chi connectivity index (χ1) is 9.22. The number of rotatable bonds is 4. The highest BCUT2D eigenvalue weighted by atomic mass is 14.9. The highest BCUT2D eigenvalue weighted by Gasteiger charge is 2.19. The summed E-state index contributed by atoms with van der Waals surface area (Å²) in [7, 11) is 0. The molecule has 0 heterocycles. The Bertz CT molecular complexity index is 582. The van der Waals surface area contributed by atoms with Crippen molar-refractivity contribution < 1.29 is 0 Å². The van der Waals surface area contributed by atoms with E-state index in [2.05, 4.69) is 61.6 Å². The summed E-state index contributed by atoms with van der Waals surface area (Å²) in [4.78, 5) is 0. The zero-order chi connectivity index (χ0) is 13.2. The molecule has 1 fully saturated rings. The van der Waals surface area contributed by atoms with Gasteiger partial charge in [0.2, 0.25) is 0 Å². The summed E-state index contributed by atoms with van der Waals surface area (Å²) in [6, 6.07) is 16.3. The molecule has 2 aromatic carbocycles. The minimum absolute atomic E-state index is 0.768. The highest BCUT2D eigenvalue weighted by molar-refractivity contribution is 5.68. The Hall–Kier alpha value is -1.60. The Morgan fingerprint density at radius 2 is 1.89 bits per heavy atom. The summed E-state index contributed by atoms with van der Waals surface area (Å²) < 4.78 is 0. The lowest BCUT2D eigenvalue weighted by atomic mass is 9.97. The Morgan fingerprint density at radius 1 is 1.05 bits per heavy atom. The fourth-order valence-electron chi connectivity index (χ4n) is 2.54. The van der Waals surface area contributed by atoms with Crippen LogP contribution in [0.15, 0.2) is 42.5 Å². The van der Waals surface area contributed by atoms with Crippen LogP contribution in [0.25, 0.3) is 11.1 Å². The zero-order valence-corrected chi connectivity index (χ0v) is 11.7. The maximum absolute atomic E-state index is 3.58. The molecule has 1 saturated carbocycles. The first-order valence-corrected chi connectivity index (χ1v) is 7.12. The van der Waals surface area contributed by atoms with Gasteiger partial charge in [-0.3, -0.25) is 0 Å². The molecule has 0 atom stereocenters. The Kier molecular flexibility index (Phi) is 3.39. The van der Waals surface area contributed by atoms with Crippen LogP contribution in [0.5, 0.6) is 0 Å². The second kappa shape index (κ2) is 5.18. The molecule has 0 spiro atoms. The molecule has 19 heavy (non-hydrogen) atoms. The summed E-state index contributed by atoms with van der Waals surface area (Å²) >= 11 is 0. The molecule has 0 bridgehead atoms. The first-order valence-electron chi connectivity index (χ1n) is 7.12. The maximum atomic E-state index is 3.58. The summed E-state index contributed by atoms with van der Waals surface area (Å²) in [5, 5.41) is 3.58. The highest BCUT2D eigenvalue weighted by Crippen LogP contribution is 2.25. The van der Waals surface area contributed by atoms with Crippen LogP contribution in [-0.4, -0.2) is 6.04 Å². The van der Waals surface area contributed by atoms with E-state index in [9.17, 15) is 0 Å². The predicted molar refractivity (Wildman–Crippen MR) is 81.2 cm³/mol. The lowest BCUT2D eigenvalue weighted by molar-refractivity contribution is 0.688. The van der Waals surface area contributed by atoms with E-state index in [4.69, 9.17) is 0 Å². The van der Waals surface area contributed by atoms with Gasteiger partial charge in [0.25, 0.3) is 0 Å². The Balaban J connectivity index is 1.84. The van der Waals surface area contributed by atoms with Gasteiger partial charge in [0, 0.05) is 12.6 Å². The molecule has 0 radical (unpaired) electrons. The molecule has 0 aromatic heterocycles. The molecular weight excluding hydrogens is 230 g/mol. The van der Waals surface area contributed by atoms with Gasteiger partial charge in [-0.1, -0.05) is 42.0 Å². The van der Waals surface area contributed by atoms with E-state index >= 15 is 0 Å². The van der Waals surface area contributed by atoms with Gasteiger partial charge < -0.3 is 5.32 Å². The maximum Gasteiger partial charge on any atom is 0.0208 e. The monoisotopic (exact) mass is 251 g/mol. The second-order valence-corrected chi connectivity index (χ2v) is 5.67. The van der Waals surface area contributed by atoms with Crippen LogP contribution in [-0.2, 0) is 6.54 Å². The van der Waals surface area contributed by atoms with Gasteiger partial charge in [0.1, 0.15) is 0 Å². The standard InChI is InChI=1S/C18H21N/c1-13-6-9-18(14(2)10-13)16-5-3-4-15(11-16)12-19-17-7-8-17/h3-6,9-11,17,19H,7-8,12H2,1-2H3. The molecule has 0 saturated heterocycles. The van der Waals surface area contributed by atoms with Gasteiger partial charge in [-0.05, 0) is 55.0 Å². The van der Waals surface area contributed by atoms with E-state index < -0.39 is 0 Å². The number of aryl methyl sites for hydroxylation is 2. The zero-order valence-electron chi connectivity index (χ0n) is 11.7. The minimum Gasteiger partial charge on any atom is -0.310 e. The fraction of sp³-hybridized carbons (Fsp3) is 0.333. The molecule has 1 aliphatic rings. The van der Waals surface area contributed by atoms with Crippen LogP contribution in [0.4, 0.5) is 0 Å². The molecule has 0 amide bonds. The van der Waals surface area contributed by atoms with Crippen LogP contribution in [0.2, 0.25) is 0 Å². The van der Waals surface area contributed by atoms with E-state index in [-0.39, 0.29) is 0 Å². The quantitative estimate of drug-likeness (QED) is 0.857.